The van der Waals surface area contributed by atoms with Gasteiger partial charge in [-0.25, -0.2) is 17.2 Å². The Kier molecular flexibility index (Phi) is 6.35. The van der Waals surface area contributed by atoms with Gasteiger partial charge < -0.3 is 0 Å². The van der Waals surface area contributed by atoms with Crippen molar-refractivity contribution in [2.75, 3.05) is 13.1 Å². The number of piperidine rings is 1. The number of ketones is 1. The maximum Gasteiger partial charge on any atom is 0.243 e. The molecule has 0 unspecified atom stereocenters. The molecule has 1 aliphatic heterocycles. The first-order valence-electron chi connectivity index (χ1n) is 10.3. The maximum atomic E-state index is 14.3. The lowest BCUT2D eigenvalue weighted by Crippen LogP contribution is -2.41. The molecule has 3 aromatic carbocycles. The van der Waals surface area contributed by atoms with Crippen LogP contribution in [0.4, 0.5) is 8.78 Å². The van der Waals surface area contributed by atoms with Crippen molar-refractivity contribution in [3.8, 4) is 0 Å². The third-order valence-corrected chi connectivity index (χ3v) is 7.21. The van der Waals surface area contributed by atoms with Gasteiger partial charge in [-0.1, -0.05) is 54.1 Å². The fourth-order valence-corrected chi connectivity index (χ4v) is 4.99. The molecule has 1 aliphatic rings. The van der Waals surface area contributed by atoms with Crippen LogP contribution in [-0.2, 0) is 14.8 Å². The zero-order valence-electron chi connectivity index (χ0n) is 17.8. The molecule has 0 radical (unpaired) electrons. The highest BCUT2D eigenvalue weighted by atomic mass is 32.2. The summed E-state index contributed by atoms with van der Waals surface area (Å²) < 4.78 is 56.3. The number of carbonyl (C=O) groups is 1. The molecule has 1 saturated heterocycles. The second-order valence-electron chi connectivity index (χ2n) is 7.80. The van der Waals surface area contributed by atoms with Crippen LogP contribution in [0.15, 0.2) is 88.8 Å². The molecule has 33 heavy (non-hydrogen) atoms. The highest BCUT2D eigenvalue weighted by Gasteiger charge is 2.34. The highest BCUT2D eigenvalue weighted by molar-refractivity contribution is 7.89. The molecule has 1 fully saturated rings. The van der Waals surface area contributed by atoms with Crippen LogP contribution in [0.2, 0.25) is 0 Å². The van der Waals surface area contributed by atoms with Crippen LogP contribution >= 0.6 is 0 Å². The lowest BCUT2D eigenvalue weighted by atomic mass is 9.95. The van der Waals surface area contributed by atoms with E-state index < -0.39 is 27.4 Å². The summed E-state index contributed by atoms with van der Waals surface area (Å²) in [7, 11) is -3.96. The van der Waals surface area contributed by atoms with Gasteiger partial charge in [0.2, 0.25) is 10.0 Å². The van der Waals surface area contributed by atoms with Crippen molar-refractivity contribution in [3.05, 3.63) is 112 Å². The third-order valence-electron chi connectivity index (χ3n) is 5.41. The molecule has 0 amide bonds. The number of sulfonamides is 1. The number of halogens is 2. The molecule has 0 bridgehead atoms. The second kappa shape index (κ2) is 9.21. The predicted octanol–water partition coefficient (Wildman–Crippen LogP) is 5.01. The van der Waals surface area contributed by atoms with Crippen molar-refractivity contribution in [3.63, 3.8) is 0 Å². The highest BCUT2D eigenvalue weighted by Crippen LogP contribution is 2.28. The van der Waals surface area contributed by atoms with Crippen molar-refractivity contribution in [2.45, 2.75) is 11.8 Å². The van der Waals surface area contributed by atoms with E-state index in [4.69, 9.17) is 0 Å². The summed E-state index contributed by atoms with van der Waals surface area (Å²) in [5.74, 6) is -1.51. The minimum atomic E-state index is -3.96. The Morgan fingerprint density at radius 3 is 1.67 bits per heavy atom. The zero-order valence-corrected chi connectivity index (χ0v) is 18.6. The number of Topliss-reactive ketones (excluding diaryl/α,β-unsaturated/α-hetero) is 1. The first kappa shape index (κ1) is 22.8. The molecule has 0 aliphatic carbocycles. The fraction of sp³-hybridized carbons (Fsp3) is 0.115. The van der Waals surface area contributed by atoms with Gasteiger partial charge in [-0.3, -0.25) is 4.79 Å². The Morgan fingerprint density at radius 2 is 1.21 bits per heavy atom. The Balaban J connectivity index is 1.81. The van der Waals surface area contributed by atoms with Gasteiger partial charge in [-0.05, 0) is 43.3 Å². The molecule has 1 heterocycles. The van der Waals surface area contributed by atoms with E-state index in [-0.39, 0.29) is 40.3 Å². The molecular weight excluding hydrogens is 444 g/mol. The lowest BCUT2D eigenvalue weighted by Gasteiger charge is -2.29. The number of carbonyl (C=O) groups excluding carboxylic acids is 1. The number of hydrogen-bond acceptors (Lipinski definition) is 3. The van der Waals surface area contributed by atoms with Crippen LogP contribution < -0.4 is 0 Å². The molecule has 4 nitrogen and oxygen atoms in total. The lowest BCUT2D eigenvalue weighted by molar-refractivity contribution is -0.113. The minimum absolute atomic E-state index is 0.0814. The van der Waals surface area contributed by atoms with Gasteiger partial charge in [0.1, 0.15) is 11.6 Å². The molecule has 7 heteroatoms. The van der Waals surface area contributed by atoms with Crippen LogP contribution in [0.3, 0.4) is 0 Å². The summed E-state index contributed by atoms with van der Waals surface area (Å²) in [6.45, 7) is 1.40. The van der Waals surface area contributed by atoms with Gasteiger partial charge in [-0.2, -0.15) is 4.31 Å². The van der Waals surface area contributed by atoms with E-state index in [1.165, 1.54) is 60.7 Å². The third kappa shape index (κ3) is 4.84. The number of benzene rings is 3. The van der Waals surface area contributed by atoms with Crippen molar-refractivity contribution >= 4 is 28.0 Å². The molecule has 0 atom stereocenters. The molecular formula is C26H21F2NO3S. The predicted molar refractivity (Wildman–Crippen MR) is 124 cm³/mol. The van der Waals surface area contributed by atoms with Crippen LogP contribution in [-0.4, -0.2) is 31.6 Å². The van der Waals surface area contributed by atoms with E-state index >= 15 is 0 Å². The van der Waals surface area contributed by atoms with E-state index in [1.807, 2.05) is 6.92 Å². The summed E-state index contributed by atoms with van der Waals surface area (Å²) in [6, 6.07) is 18.2. The molecule has 3 aromatic rings. The van der Waals surface area contributed by atoms with Crippen molar-refractivity contribution in [2.24, 2.45) is 0 Å². The van der Waals surface area contributed by atoms with Crippen molar-refractivity contribution < 1.29 is 22.0 Å². The minimum Gasteiger partial charge on any atom is -0.289 e. The van der Waals surface area contributed by atoms with Crippen molar-refractivity contribution in [1.82, 2.24) is 4.31 Å². The normalized spacial score (nSPS) is 17.6. The number of aryl methyl sites for hydroxylation is 1. The Hall–Kier alpha value is -3.42. The van der Waals surface area contributed by atoms with Gasteiger partial charge in [-0.15, -0.1) is 0 Å². The summed E-state index contributed by atoms with van der Waals surface area (Å²) in [5.41, 5.74) is 1.44. The maximum absolute atomic E-state index is 14.3. The van der Waals surface area contributed by atoms with Gasteiger partial charge in [0.05, 0.1) is 4.90 Å². The first-order valence-corrected chi connectivity index (χ1v) is 11.7. The summed E-state index contributed by atoms with van der Waals surface area (Å²) in [4.78, 5) is 13.3. The smallest absolute Gasteiger partial charge is 0.243 e. The average Bonchev–Trinajstić information content (AvgIpc) is 2.79. The Labute approximate surface area is 191 Å². The van der Waals surface area contributed by atoms with Crippen LogP contribution in [0, 0.1) is 18.6 Å². The summed E-state index contributed by atoms with van der Waals surface area (Å²) in [5, 5.41) is 0. The summed E-state index contributed by atoms with van der Waals surface area (Å²) in [6.07, 6.45) is 2.70. The zero-order chi connectivity index (χ0) is 23.6. The molecule has 168 valence electrons. The second-order valence-corrected chi connectivity index (χ2v) is 9.74. The van der Waals surface area contributed by atoms with E-state index in [1.54, 1.807) is 24.3 Å². The van der Waals surface area contributed by atoms with Crippen LogP contribution in [0.25, 0.3) is 12.2 Å². The topological polar surface area (TPSA) is 54.5 Å². The van der Waals surface area contributed by atoms with Crippen molar-refractivity contribution in [1.29, 1.82) is 0 Å². The number of rotatable bonds is 4. The molecule has 4 rings (SSSR count). The molecule has 0 spiro atoms. The first-order chi connectivity index (χ1) is 15.8. The largest absolute Gasteiger partial charge is 0.289 e. The van der Waals surface area contributed by atoms with Gasteiger partial charge in [0.15, 0.2) is 5.78 Å². The average molecular weight is 466 g/mol. The standard InChI is InChI=1S/C26H21F2NO3S/c1-18-10-12-23(13-11-18)33(31,32)29-16-21(14-19-6-2-4-8-24(19)27)26(30)22(17-29)15-20-7-3-5-9-25(20)28/h2-15H,16-17H2,1H3/b21-14-,22-15+. The molecule has 0 N–H and O–H groups in total. The molecule has 0 aromatic heterocycles. The van der Waals surface area contributed by atoms with E-state index in [9.17, 15) is 22.0 Å². The van der Waals surface area contributed by atoms with E-state index in [0.717, 1.165) is 9.87 Å². The summed E-state index contributed by atoms with van der Waals surface area (Å²) >= 11 is 0. The Bertz CT molecular complexity index is 1310. The van der Waals surface area contributed by atoms with Gasteiger partial charge in [0.25, 0.3) is 0 Å². The quantitative estimate of drug-likeness (QED) is 0.509. The number of hydrogen-bond donors (Lipinski definition) is 0. The SMILES string of the molecule is Cc1ccc(S(=O)(=O)N2C/C(=C/c3ccccc3F)C(=O)/C(=C/c3ccccc3F)C2)cc1. The van der Waals surface area contributed by atoms with Gasteiger partial charge >= 0.3 is 0 Å². The van der Waals surface area contributed by atoms with Gasteiger partial charge in [0, 0.05) is 35.4 Å². The van der Waals surface area contributed by atoms with Crippen LogP contribution in [0.1, 0.15) is 16.7 Å². The number of nitrogens with zero attached hydrogens (tertiary/aromatic N) is 1. The fourth-order valence-electron chi connectivity index (χ4n) is 3.60. The van der Waals surface area contributed by atoms with E-state index in [2.05, 4.69) is 0 Å². The van der Waals surface area contributed by atoms with Crippen LogP contribution in [0.5, 0.6) is 0 Å². The monoisotopic (exact) mass is 465 g/mol. The molecule has 0 saturated carbocycles. The Morgan fingerprint density at radius 1 is 0.758 bits per heavy atom. The van der Waals surface area contributed by atoms with E-state index in [0.29, 0.717) is 0 Å².